The van der Waals surface area contributed by atoms with Crippen molar-refractivity contribution in [3.63, 3.8) is 0 Å². The van der Waals surface area contributed by atoms with Crippen LogP contribution in [-0.4, -0.2) is 19.9 Å². The number of aryl methyl sites for hydroxylation is 1. The number of pyridine rings is 2. The Morgan fingerprint density at radius 3 is 1.56 bits per heavy atom. The summed E-state index contributed by atoms with van der Waals surface area (Å²) < 4.78 is 0. The van der Waals surface area contributed by atoms with E-state index in [0.29, 0.717) is 5.82 Å². The first-order valence-corrected chi connectivity index (χ1v) is 15.1. The maximum absolute atomic E-state index is 5.29. The van der Waals surface area contributed by atoms with Crippen LogP contribution in [0.2, 0.25) is 0 Å². The Morgan fingerprint density at radius 1 is 0.378 bits per heavy atom. The molecule has 0 bridgehead atoms. The van der Waals surface area contributed by atoms with E-state index in [1.165, 1.54) is 5.56 Å². The van der Waals surface area contributed by atoms with Crippen LogP contribution in [0.25, 0.3) is 78.2 Å². The largest absolute Gasteiger partial charge is 0.245 e. The van der Waals surface area contributed by atoms with Gasteiger partial charge < -0.3 is 0 Å². The SMILES string of the molecule is Cc1cc(-c2ccccc2)nc2c1ccc1ccc(-c3ccccc3-c3cc(-c4ccccc4)nc(-c4ccccc4)n3)nc12. The van der Waals surface area contributed by atoms with E-state index in [0.717, 1.165) is 72.4 Å². The van der Waals surface area contributed by atoms with Gasteiger partial charge in [0.1, 0.15) is 0 Å². The molecule has 0 fully saturated rings. The Bertz CT molecular complexity index is 2260. The highest BCUT2D eigenvalue weighted by molar-refractivity contribution is 6.05. The molecule has 212 valence electrons. The summed E-state index contributed by atoms with van der Waals surface area (Å²) >= 11 is 0. The van der Waals surface area contributed by atoms with Crippen molar-refractivity contribution >= 4 is 21.8 Å². The highest BCUT2D eigenvalue weighted by Crippen LogP contribution is 2.36. The molecule has 0 radical (unpaired) electrons. The zero-order valence-electron chi connectivity index (χ0n) is 24.7. The molecule has 4 heteroatoms. The second-order valence-corrected chi connectivity index (χ2v) is 11.2. The molecule has 0 atom stereocenters. The molecule has 0 N–H and O–H groups in total. The van der Waals surface area contributed by atoms with Crippen molar-refractivity contribution in [2.75, 3.05) is 0 Å². The molecule has 45 heavy (non-hydrogen) atoms. The highest BCUT2D eigenvalue weighted by atomic mass is 14.9. The topological polar surface area (TPSA) is 51.6 Å². The van der Waals surface area contributed by atoms with Crippen molar-refractivity contribution in [2.45, 2.75) is 6.92 Å². The highest BCUT2D eigenvalue weighted by Gasteiger charge is 2.16. The Morgan fingerprint density at radius 2 is 0.889 bits per heavy atom. The zero-order valence-corrected chi connectivity index (χ0v) is 24.7. The molecule has 3 heterocycles. The molecule has 3 aromatic heterocycles. The standard InChI is InChI=1S/C41H28N4/c1-27-25-36(28-13-5-2-6-14-28)43-40-32(27)23-21-30-22-24-35(42-39(30)40)33-19-11-12-20-34(33)38-26-37(29-15-7-3-8-16-29)44-41(45-38)31-17-9-4-10-18-31/h2-26H,1H3. The van der Waals surface area contributed by atoms with Crippen LogP contribution >= 0.6 is 0 Å². The first kappa shape index (κ1) is 26.6. The average Bonchev–Trinajstić information content (AvgIpc) is 3.12. The van der Waals surface area contributed by atoms with Crippen LogP contribution < -0.4 is 0 Å². The smallest absolute Gasteiger partial charge is 0.160 e. The number of nitrogens with zero attached hydrogens (tertiary/aromatic N) is 4. The van der Waals surface area contributed by atoms with E-state index in [4.69, 9.17) is 19.9 Å². The first-order valence-electron chi connectivity index (χ1n) is 15.1. The molecule has 0 unspecified atom stereocenters. The van der Waals surface area contributed by atoms with Gasteiger partial charge in [-0.25, -0.2) is 19.9 Å². The summed E-state index contributed by atoms with van der Waals surface area (Å²) in [5.41, 5.74) is 11.6. The molecular formula is C41H28N4. The van der Waals surface area contributed by atoms with Gasteiger partial charge in [0.15, 0.2) is 5.82 Å². The molecule has 0 spiro atoms. The third-order valence-corrected chi connectivity index (χ3v) is 8.22. The molecular weight excluding hydrogens is 548 g/mol. The van der Waals surface area contributed by atoms with Crippen molar-refractivity contribution < 1.29 is 0 Å². The Labute approximate surface area is 261 Å². The van der Waals surface area contributed by atoms with E-state index in [2.05, 4.69) is 104 Å². The van der Waals surface area contributed by atoms with E-state index >= 15 is 0 Å². The van der Waals surface area contributed by atoms with Gasteiger partial charge in [-0.15, -0.1) is 0 Å². The first-order chi connectivity index (χ1) is 22.2. The Kier molecular flexibility index (Phi) is 6.65. The van der Waals surface area contributed by atoms with Crippen molar-refractivity contribution in [2.24, 2.45) is 0 Å². The van der Waals surface area contributed by atoms with Gasteiger partial charge in [-0.05, 0) is 30.7 Å². The minimum absolute atomic E-state index is 0.687. The van der Waals surface area contributed by atoms with Gasteiger partial charge in [-0.1, -0.05) is 133 Å². The van der Waals surface area contributed by atoms with Crippen molar-refractivity contribution in [1.29, 1.82) is 0 Å². The number of hydrogen-bond acceptors (Lipinski definition) is 4. The zero-order chi connectivity index (χ0) is 30.2. The summed E-state index contributed by atoms with van der Waals surface area (Å²) in [5, 5.41) is 2.16. The van der Waals surface area contributed by atoms with E-state index in [1.807, 2.05) is 54.6 Å². The maximum atomic E-state index is 5.29. The van der Waals surface area contributed by atoms with Crippen LogP contribution in [-0.2, 0) is 0 Å². The third kappa shape index (κ3) is 5.02. The van der Waals surface area contributed by atoms with Crippen LogP contribution in [0.3, 0.4) is 0 Å². The molecule has 0 aliphatic carbocycles. The quantitative estimate of drug-likeness (QED) is 0.191. The minimum atomic E-state index is 0.687. The maximum Gasteiger partial charge on any atom is 0.160 e. The number of benzene rings is 5. The van der Waals surface area contributed by atoms with Crippen LogP contribution in [0.4, 0.5) is 0 Å². The molecule has 0 aliphatic heterocycles. The third-order valence-electron chi connectivity index (χ3n) is 8.22. The molecule has 8 aromatic rings. The van der Waals surface area contributed by atoms with Gasteiger partial charge in [0.2, 0.25) is 0 Å². The van der Waals surface area contributed by atoms with Gasteiger partial charge in [0.25, 0.3) is 0 Å². The van der Waals surface area contributed by atoms with Gasteiger partial charge in [0, 0.05) is 38.6 Å². The molecule has 4 nitrogen and oxygen atoms in total. The van der Waals surface area contributed by atoms with E-state index < -0.39 is 0 Å². The lowest BCUT2D eigenvalue weighted by Gasteiger charge is -2.14. The molecule has 0 saturated carbocycles. The fraction of sp³-hybridized carbons (Fsp3) is 0.0244. The number of rotatable bonds is 5. The fourth-order valence-electron chi connectivity index (χ4n) is 5.94. The van der Waals surface area contributed by atoms with E-state index in [9.17, 15) is 0 Å². The molecule has 0 aliphatic rings. The van der Waals surface area contributed by atoms with Crippen molar-refractivity contribution in [3.8, 4) is 56.4 Å². The van der Waals surface area contributed by atoms with Gasteiger partial charge in [-0.3, -0.25) is 0 Å². The lowest BCUT2D eigenvalue weighted by atomic mass is 9.98. The monoisotopic (exact) mass is 576 g/mol. The summed E-state index contributed by atoms with van der Waals surface area (Å²) in [4.78, 5) is 20.5. The van der Waals surface area contributed by atoms with Crippen molar-refractivity contribution in [3.05, 3.63) is 157 Å². The van der Waals surface area contributed by atoms with Crippen LogP contribution in [0, 0.1) is 6.92 Å². The van der Waals surface area contributed by atoms with Crippen LogP contribution in [0.1, 0.15) is 5.56 Å². The summed E-state index contributed by atoms with van der Waals surface area (Å²) in [5.74, 6) is 0.687. The molecule has 5 aromatic carbocycles. The normalized spacial score (nSPS) is 11.2. The Hall–Kier alpha value is -6.00. The lowest BCUT2D eigenvalue weighted by Crippen LogP contribution is -1.98. The predicted octanol–water partition coefficient (Wildman–Crippen LogP) is 10.2. The van der Waals surface area contributed by atoms with Gasteiger partial charge in [-0.2, -0.15) is 0 Å². The Balaban J connectivity index is 1.32. The molecule has 0 amide bonds. The average molecular weight is 577 g/mol. The summed E-state index contributed by atoms with van der Waals surface area (Å²) in [6.07, 6.45) is 0. The fourth-order valence-corrected chi connectivity index (χ4v) is 5.94. The van der Waals surface area contributed by atoms with E-state index in [1.54, 1.807) is 0 Å². The molecule has 8 rings (SSSR count). The number of hydrogen-bond donors (Lipinski definition) is 0. The van der Waals surface area contributed by atoms with Gasteiger partial charge in [0.05, 0.1) is 33.8 Å². The van der Waals surface area contributed by atoms with Crippen LogP contribution in [0.5, 0.6) is 0 Å². The second kappa shape index (κ2) is 11.3. The van der Waals surface area contributed by atoms with E-state index in [-0.39, 0.29) is 0 Å². The summed E-state index contributed by atoms with van der Waals surface area (Å²) in [7, 11) is 0. The van der Waals surface area contributed by atoms with Gasteiger partial charge >= 0.3 is 0 Å². The molecule has 0 saturated heterocycles. The number of aromatic nitrogens is 4. The summed E-state index contributed by atoms with van der Waals surface area (Å²) in [6.45, 7) is 2.14. The summed E-state index contributed by atoms with van der Waals surface area (Å²) in [6, 6.07) is 51.9. The number of fused-ring (bicyclic) bond motifs is 3. The predicted molar refractivity (Wildman–Crippen MR) is 185 cm³/mol. The lowest BCUT2D eigenvalue weighted by molar-refractivity contribution is 1.18. The van der Waals surface area contributed by atoms with Crippen LogP contribution in [0.15, 0.2) is 152 Å². The van der Waals surface area contributed by atoms with Crippen molar-refractivity contribution in [1.82, 2.24) is 19.9 Å². The minimum Gasteiger partial charge on any atom is -0.245 e. The second-order valence-electron chi connectivity index (χ2n) is 11.2.